The third-order valence-electron chi connectivity index (χ3n) is 8.95. The van der Waals surface area contributed by atoms with Gasteiger partial charge in [-0.1, -0.05) is 97.9 Å². The van der Waals surface area contributed by atoms with Gasteiger partial charge in [0.05, 0.1) is 5.69 Å². The van der Waals surface area contributed by atoms with Gasteiger partial charge < -0.3 is 0 Å². The van der Waals surface area contributed by atoms with Crippen LogP contribution in [0.2, 0.25) is 0 Å². The Kier molecular flexibility index (Phi) is 5.16. The van der Waals surface area contributed by atoms with Crippen molar-refractivity contribution >= 4 is 0 Å². The fourth-order valence-corrected chi connectivity index (χ4v) is 5.31. The van der Waals surface area contributed by atoms with Crippen molar-refractivity contribution in [3.05, 3.63) is 77.5 Å². The third kappa shape index (κ3) is 3.16. The Hall–Kier alpha value is -2.41. The summed E-state index contributed by atoms with van der Waals surface area (Å²) in [4.78, 5) is 4.95. The van der Waals surface area contributed by atoms with Crippen LogP contribution < -0.4 is 0 Å². The van der Waals surface area contributed by atoms with Crippen molar-refractivity contribution in [1.82, 2.24) is 4.98 Å². The standard InChI is InChI=1S/C30H37N/c1-9-20(2)23-17-25-26(29(5,6)30(7,8)28(25,3)4)18-24(23)27-16-15-22(19-31-27)21-13-11-10-12-14-21/h10-20H,9H2,1-8H3. The third-order valence-corrected chi connectivity index (χ3v) is 8.95. The van der Waals surface area contributed by atoms with Crippen LogP contribution in [0.3, 0.4) is 0 Å². The van der Waals surface area contributed by atoms with E-state index in [1.54, 1.807) is 0 Å². The molecule has 162 valence electrons. The van der Waals surface area contributed by atoms with E-state index in [1.807, 2.05) is 6.20 Å². The van der Waals surface area contributed by atoms with Gasteiger partial charge in [0.15, 0.2) is 0 Å². The molecule has 1 atom stereocenters. The maximum Gasteiger partial charge on any atom is 0.0705 e. The van der Waals surface area contributed by atoms with E-state index in [4.69, 9.17) is 4.98 Å². The van der Waals surface area contributed by atoms with Crippen LogP contribution in [-0.4, -0.2) is 4.98 Å². The van der Waals surface area contributed by atoms with Crippen LogP contribution in [0.1, 0.15) is 84.4 Å². The highest BCUT2D eigenvalue weighted by atomic mass is 14.7. The van der Waals surface area contributed by atoms with Crippen LogP contribution in [0, 0.1) is 5.41 Å². The molecule has 1 heteroatoms. The Bertz CT molecular complexity index is 1090. The van der Waals surface area contributed by atoms with E-state index >= 15 is 0 Å². The minimum Gasteiger partial charge on any atom is -0.256 e. The molecular formula is C30H37N. The molecule has 0 saturated heterocycles. The maximum absolute atomic E-state index is 4.95. The van der Waals surface area contributed by atoms with E-state index in [1.165, 1.54) is 27.8 Å². The van der Waals surface area contributed by atoms with E-state index in [0.29, 0.717) is 5.92 Å². The Morgan fingerprint density at radius 1 is 0.774 bits per heavy atom. The lowest BCUT2D eigenvalue weighted by atomic mass is 9.59. The molecule has 1 aliphatic carbocycles. The van der Waals surface area contributed by atoms with Gasteiger partial charge >= 0.3 is 0 Å². The van der Waals surface area contributed by atoms with Gasteiger partial charge in [-0.25, -0.2) is 0 Å². The number of aromatic nitrogens is 1. The molecule has 0 bridgehead atoms. The molecular weight excluding hydrogens is 374 g/mol. The minimum absolute atomic E-state index is 0.0958. The van der Waals surface area contributed by atoms with E-state index in [0.717, 1.165) is 17.7 Å². The van der Waals surface area contributed by atoms with E-state index in [-0.39, 0.29) is 16.2 Å². The normalized spacial score (nSPS) is 19.1. The molecule has 1 aliphatic rings. The molecule has 0 spiro atoms. The predicted molar refractivity (Wildman–Crippen MR) is 134 cm³/mol. The molecule has 0 radical (unpaired) electrons. The number of nitrogens with zero attached hydrogens (tertiary/aromatic N) is 1. The van der Waals surface area contributed by atoms with Gasteiger partial charge in [-0.3, -0.25) is 4.98 Å². The highest BCUT2D eigenvalue weighted by Gasteiger charge is 2.57. The first-order valence-electron chi connectivity index (χ1n) is 11.7. The lowest BCUT2D eigenvalue weighted by molar-refractivity contribution is 0.125. The first kappa shape index (κ1) is 21.8. The van der Waals surface area contributed by atoms with Crippen LogP contribution in [0.5, 0.6) is 0 Å². The monoisotopic (exact) mass is 411 g/mol. The van der Waals surface area contributed by atoms with Gasteiger partial charge in [0.2, 0.25) is 0 Å². The zero-order valence-electron chi connectivity index (χ0n) is 20.5. The van der Waals surface area contributed by atoms with Gasteiger partial charge in [-0.2, -0.15) is 0 Å². The van der Waals surface area contributed by atoms with E-state index < -0.39 is 0 Å². The molecule has 2 aromatic carbocycles. The first-order chi connectivity index (χ1) is 14.5. The average Bonchev–Trinajstić information content (AvgIpc) is 2.87. The Labute approximate surface area is 189 Å². The summed E-state index contributed by atoms with van der Waals surface area (Å²) in [5.41, 5.74) is 9.57. The molecule has 0 aliphatic heterocycles. The van der Waals surface area contributed by atoms with Crippen molar-refractivity contribution in [3.8, 4) is 22.4 Å². The summed E-state index contributed by atoms with van der Waals surface area (Å²) < 4.78 is 0. The predicted octanol–water partition coefficient (Wildman–Crippen LogP) is 8.52. The first-order valence-corrected chi connectivity index (χ1v) is 11.7. The van der Waals surface area contributed by atoms with Crippen LogP contribution in [0.25, 0.3) is 22.4 Å². The SMILES string of the molecule is CCC(C)c1cc2c(cc1-c1ccc(-c3ccccc3)cn1)C(C)(C)C(C)(C)C2(C)C. The lowest BCUT2D eigenvalue weighted by Crippen LogP contribution is -2.42. The van der Waals surface area contributed by atoms with Crippen molar-refractivity contribution in [2.75, 3.05) is 0 Å². The van der Waals surface area contributed by atoms with Gasteiger partial charge in [0.25, 0.3) is 0 Å². The van der Waals surface area contributed by atoms with Gasteiger partial charge in [-0.05, 0) is 63.0 Å². The quantitative estimate of drug-likeness (QED) is 0.419. The highest BCUT2D eigenvalue weighted by molar-refractivity contribution is 5.72. The lowest BCUT2D eigenvalue weighted by Gasteiger charge is -2.44. The van der Waals surface area contributed by atoms with Crippen LogP contribution >= 0.6 is 0 Å². The largest absolute Gasteiger partial charge is 0.256 e. The molecule has 1 unspecified atom stereocenters. The summed E-state index contributed by atoms with van der Waals surface area (Å²) in [6.07, 6.45) is 3.15. The Balaban J connectivity index is 1.89. The van der Waals surface area contributed by atoms with E-state index in [2.05, 4.69) is 110 Å². The summed E-state index contributed by atoms with van der Waals surface area (Å²) in [6.45, 7) is 19.2. The number of hydrogen-bond donors (Lipinski definition) is 0. The molecule has 1 nitrogen and oxygen atoms in total. The zero-order chi connectivity index (χ0) is 22.6. The van der Waals surface area contributed by atoms with Crippen LogP contribution in [0.15, 0.2) is 60.8 Å². The van der Waals surface area contributed by atoms with Gasteiger partial charge in [-0.15, -0.1) is 0 Å². The van der Waals surface area contributed by atoms with Gasteiger partial charge in [0, 0.05) is 17.3 Å². The summed E-state index contributed by atoms with van der Waals surface area (Å²) in [5, 5.41) is 0. The number of benzene rings is 2. The summed E-state index contributed by atoms with van der Waals surface area (Å²) >= 11 is 0. The Morgan fingerprint density at radius 2 is 1.39 bits per heavy atom. The zero-order valence-corrected chi connectivity index (χ0v) is 20.5. The minimum atomic E-state index is 0.0958. The maximum atomic E-state index is 4.95. The van der Waals surface area contributed by atoms with Crippen molar-refractivity contribution in [2.24, 2.45) is 5.41 Å². The number of rotatable bonds is 4. The number of fused-ring (bicyclic) bond motifs is 1. The molecule has 0 fully saturated rings. The summed E-state index contributed by atoms with van der Waals surface area (Å²) in [5.74, 6) is 0.499. The van der Waals surface area contributed by atoms with Crippen molar-refractivity contribution in [2.45, 2.75) is 78.6 Å². The molecule has 0 saturated carbocycles. The fourth-order valence-electron chi connectivity index (χ4n) is 5.31. The summed E-state index contributed by atoms with van der Waals surface area (Å²) in [7, 11) is 0. The van der Waals surface area contributed by atoms with Crippen LogP contribution in [-0.2, 0) is 10.8 Å². The van der Waals surface area contributed by atoms with Gasteiger partial charge in [0.1, 0.15) is 0 Å². The molecule has 0 N–H and O–H groups in total. The van der Waals surface area contributed by atoms with Crippen molar-refractivity contribution in [1.29, 1.82) is 0 Å². The second kappa shape index (κ2) is 7.33. The molecule has 31 heavy (non-hydrogen) atoms. The van der Waals surface area contributed by atoms with Crippen LogP contribution in [0.4, 0.5) is 0 Å². The second-order valence-electron chi connectivity index (χ2n) is 11.0. The average molecular weight is 412 g/mol. The number of pyridine rings is 1. The number of hydrogen-bond acceptors (Lipinski definition) is 1. The van der Waals surface area contributed by atoms with Crippen molar-refractivity contribution < 1.29 is 0 Å². The Morgan fingerprint density at radius 3 is 1.94 bits per heavy atom. The molecule has 3 aromatic rings. The second-order valence-corrected chi connectivity index (χ2v) is 11.0. The smallest absolute Gasteiger partial charge is 0.0705 e. The van der Waals surface area contributed by atoms with Crippen molar-refractivity contribution in [3.63, 3.8) is 0 Å². The fraction of sp³-hybridized carbons (Fsp3) is 0.433. The molecule has 4 rings (SSSR count). The topological polar surface area (TPSA) is 12.9 Å². The molecule has 1 heterocycles. The van der Waals surface area contributed by atoms with E-state index in [9.17, 15) is 0 Å². The summed E-state index contributed by atoms with van der Waals surface area (Å²) in [6, 6.07) is 19.9. The highest BCUT2D eigenvalue weighted by Crippen LogP contribution is 2.62. The molecule has 1 aromatic heterocycles. The molecule has 0 amide bonds.